The Morgan fingerprint density at radius 3 is 2.33 bits per heavy atom. The van der Waals surface area contributed by atoms with Crippen molar-refractivity contribution in [1.82, 2.24) is 5.32 Å². The van der Waals surface area contributed by atoms with Gasteiger partial charge in [-0.15, -0.1) is 0 Å². The third kappa shape index (κ3) is 4.53. The number of halogens is 3. The molecule has 102 valence electrons. The highest BCUT2D eigenvalue weighted by molar-refractivity contribution is 7.99. The monoisotopic (exact) mass is 277 g/mol. The molecule has 0 aliphatic rings. The van der Waals surface area contributed by atoms with Crippen molar-refractivity contribution in [2.24, 2.45) is 0 Å². The molecule has 1 nitrogen and oxygen atoms in total. The topological polar surface area (TPSA) is 12.0 Å². The lowest BCUT2D eigenvalue weighted by Gasteiger charge is -2.23. The molecule has 0 unspecified atom stereocenters. The molecule has 0 radical (unpaired) electrons. The van der Waals surface area contributed by atoms with E-state index in [1.165, 1.54) is 12.1 Å². The minimum absolute atomic E-state index is 0.0210. The third-order valence-electron chi connectivity index (χ3n) is 2.74. The third-order valence-corrected chi connectivity index (χ3v) is 3.99. The van der Waals surface area contributed by atoms with Crippen molar-refractivity contribution in [2.75, 3.05) is 12.8 Å². The second kappa shape index (κ2) is 5.97. The fourth-order valence-electron chi connectivity index (χ4n) is 1.52. The number of hydrogen-bond donors (Lipinski definition) is 1. The molecule has 0 heterocycles. The van der Waals surface area contributed by atoms with Gasteiger partial charge in [0.2, 0.25) is 0 Å². The van der Waals surface area contributed by atoms with Crippen LogP contribution in [-0.4, -0.2) is 17.5 Å². The van der Waals surface area contributed by atoms with Crippen LogP contribution >= 0.6 is 11.8 Å². The molecule has 0 atom stereocenters. The van der Waals surface area contributed by atoms with Crippen LogP contribution in [0.2, 0.25) is 0 Å². The molecule has 0 fully saturated rings. The van der Waals surface area contributed by atoms with Crippen molar-refractivity contribution < 1.29 is 13.2 Å². The Labute approximate surface area is 110 Å². The van der Waals surface area contributed by atoms with Gasteiger partial charge in [-0.2, -0.15) is 24.9 Å². The summed E-state index contributed by atoms with van der Waals surface area (Å²) in [4.78, 5) is 0. The van der Waals surface area contributed by atoms with E-state index in [1.807, 2.05) is 6.26 Å². The van der Waals surface area contributed by atoms with Gasteiger partial charge < -0.3 is 5.32 Å². The summed E-state index contributed by atoms with van der Waals surface area (Å²) in [5, 5.41) is 3.08. The van der Waals surface area contributed by atoms with Crippen LogP contribution in [-0.2, 0) is 12.7 Å². The SMILES string of the molecule is CSC(C)(C)CNCc1ccccc1C(F)(F)F. The summed E-state index contributed by atoms with van der Waals surface area (Å²) in [6, 6.07) is 5.68. The summed E-state index contributed by atoms with van der Waals surface area (Å²) in [7, 11) is 0. The largest absolute Gasteiger partial charge is 0.416 e. The fourth-order valence-corrected chi connectivity index (χ4v) is 1.77. The van der Waals surface area contributed by atoms with Gasteiger partial charge in [0, 0.05) is 17.8 Å². The van der Waals surface area contributed by atoms with Crippen LogP contribution in [0, 0.1) is 0 Å². The molecular weight excluding hydrogens is 259 g/mol. The number of rotatable bonds is 5. The van der Waals surface area contributed by atoms with Gasteiger partial charge in [0.15, 0.2) is 0 Å². The second-order valence-electron chi connectivity index (χ2n) is 4.72. The molecular formula is C13H18F3NS. The Morgan fingerprint density at radius 1 is 1.17 bits per heavy atom. The summed E-state index contributed by atoms with van der Waals surface area (Å²) in [6.45, 7) is 5.01. The summed E-state index contributed by atoms with van der Waals surface area (Å²) in [5.41, 5.74) is -0.263. The van der Waals surface area contributed by atoms with Gasteiger partial charge >= 0.3 is 6.18 Å². The van der Waals surface area contributed by atoms with Crippen molar-refractivity contribution in [3.63, 3.8) is 0 Å². The highest BCUT2D eigenvalue weighted by atomic mass is 32.2. The maximum absolute atomic E-state index is 12.7. The van der Waals surface area contributed by atoms with E-state index in [2.05, 4.69) is 19.2 Å². The Bertz CT molecular complexity index is 388. The van der Waals surface area contributed by atoms with Gasteiger partial charge in [0.05, 0.1) is 5.56 Å². The van der Waals surface area contributed by atoms with Gasteiger partial charge in [-0.05, 0) is 31.7 Å². The van der Waals surface area contributed by atoms with Gasteiger partial charge in [0.25, 0.3) is 0 Å². The predicted octanol–water partition coefficient (Wildman–Crippen LogP) is 3.94. The van der Waals surface area contributed by atoms with E-state index in [0.29, 0.717) is 12.1 Å². The van der Waals surface area contributed by atoms with E-state index in [0.717, 1.165) is 6.07 Å². The number of thioether (sulfide) groups is 1. The zero-order valence-corrected chi connectivity index (χ0v) is 11.6. The molecule has 0 aliphatic carbocycles. The molecule has 0 aliphatic heterocycles. The highest BCUT2D eigenvalue weighted by Gasteiger charge is 2.32. The molecule has 18 heavy (non-hydrogen) atoms. The van der Waals surface area contributed by atoms with Crippen LogP contribution in [0.15, 0.2) is 24.3 Å². The lowest BCUT2D eigenvalue weighted by atomic mass is 10.1. The smallest absolute Gasteiger partial charge is 0.311 e. The molecule has 1 aromatic rings. The van der Waals surface area contributed by atoms with E-state index < -0.39 is 11.7 Å². The highest BCUT2D eigenvalue weighted by Crippen LogP contribution is 2.31. The van der Waals surface area contributed by atoms with E-state index >= 15 is 0 Å². The molecule has 0 spiro atoms. The standard InChI is InChI=1S/C13H18F3NS/c1-12(2,18-3)9-17-8-10-6-4-5-7-11(10)13(14,15)16/h4-7,17H,8-9H2,1-3H3. The first-order valence-electron chi connectivity index (χ1n) is 5.67. The lowest BCUT2D eigenvalue weighted by molar-refractivity contribution is -0.138. The van der Waals surface area contributed by atoms with Gasteiger partial charge in [-0.25, -0.2) is 0 Å². The normalized spacial score (nSPS) is 12.8. The van der Waals surface area contributed by atoms with Crippen molar-refractivity contribution >= 4 is 11.8 Å². The molecule has 0 aromatic heterocycles. The Kier molecular flexibility index (Phi) is 5.10. The van der Waals surface area contributed by atoms with Gasteiger partial charge in [0.1, 0.15) is 0 Å². The number of benzene rings is 1. The second-order valence-corrected chi connectivity index (χ2v) is 6.24. The molecule has 1 aromatic carbocycles. The first-order chi connectivity index (χ1) is 8.26. The summed E-state index contributed by atoms with van der Waals surface area (Å²) in [5.74, 6) is 0. The zero-order chi connectivity index (χ0) is 13.8. The van der Waals surface area contributed by atoms with Gasteiger partial charge in [-0.3, -0.25) is 0 Å². The summed E-state index contributed by atoms with van der Waals surface area (Å²) in [6.07, 6.45) is -2.29. The minimum atomic E-state index is -4.28. The van der Waals surface area contributed by atoms with Crippen LogP contribution in [0.1, 0.15) is 25.0 Å². The molecule has 0 bridgehead atoms. The zero-order valence-electron chi connectivity index (χ0n) is 10.8. The molecule has 0 amide bonds. The van der Waals surface area contributed by atoms with Crippen LogP contribution < -0.4 is 5.32 Å². The van der Waals surface area contributed by atoms with Crippen molar-refractivity contribution in [3.8, 4) is 0 Å². The van der Waals surface area contributed by atoms with Crippen molar-refractivity contribution in [2.45, 2.75) is 31.3 Å². The Morgan fingerprint density at radius 2 is 1.78 bits per heavy atom. The summed E-state index contributed by atoms with van der Waals surface area (Å²) < 4.78 is 38.3. The van der Waals surface area contributed by atoms with Crippen molar-refractivity contribution in [1.29, 1.82) is 0 Å². The first kappa shape index (κ1) is 15.4. The average molecular weight is 277 g/mol. The molecule has 0 saturated heterocycles. The molecule has 1 rings (SSSR count). The van der Waals surface area contributed by atoms with E-state index in [-0.39, 0.29) is 11.3 Å². The Hall–Kier alpha value is -0.680. The van der Waals surface area contributed by atoms with Gasteiger partial charge in [-0.1, -0.05) is 18.2 Å². The molecule has 1 N–H and O–H groups in total. The quantitative estimate of drug-likeness (QED) is 0.875. The Balaban J connectivity index is 2.69. The number of nitrogens with one attached hydrogen (secondary N) is 1. The van der Waals surface area contributed by atoms with Crippen LogP contribution in [0.25, 0.3) is 0 Å². The maximum atomic E-state index is 12.7. The molecule has 0 saturated carbocycles. The number of hydrogen-bond acceptors (Lipinski definition) is 2. The minimum Gasteiger partial charge on any atom is -0.311 e. The predicted molar refractivity (Wildman–Crippen MR) is 70.7 cm³/mol. The molecule has 5 heteroatoms. The van der Waals surface area contributed by atoms with Crippen LogP contribution in [0.4, 0.5) is 13.2 Å². The van der Waals surface area contributed by atoms with E-state index in [9.17, 15) is 13.2 Å². The van der Waals surface area contributed by atoms with E-state index in [4.69, 9.17) is 0 Å². The summed E-state index contributed by atoms with van der Waals surface area (Å²) >= 11 is 1.69. The lowest BCUT2D eigenvalue weighted by Crippen LogP contribution is -2.32. The van der Waals surface area contributed by atoms with Crippen molar-refractivity contribution in [3.05, 3.63) is 35.4 Å². The maximum Gasteiger partial charge on any atom is 0.416 e. The first-order valence-corrected chi connectivity index (χ1v) is 6.90. The number of alkyl halides is 3. The fraction of sp³-hybridized carbons (Fsp3) is 0.538. The van der Waals surface area contributed by atoms with Crippen LogP contribution in [0.3, 0.4) is 0 Å². The average Bonchev–Trinajstić information content (AvgIpc) is 2.28. The van der Waals surface area contributed by atoms with Crippen LogP contribution in [0.5, 0.6) is 0 Å². The van der Waals surface area contributed by atoms with E-state index in [1.54, 1.807) is 17.8 Å².